The standard InChI is InChI=1S/C63H58F6N12O4/c1-42-7-9-46(33-44(42)13-17-52-38-70-58-5-3-21-72-80(52)58)60(84)74-50-15-11-48(56(35-50)62(64,65)66)40-78-29-25-76(26-30-78)23-19-54(82)37-55(83)20-24-77-27-31-79(32-28-77)41-49-12-16-51(36-57(49)63(67,68)69)75-61(85)47-10-8-43(2)45(34-47)14-18-53-39-71-59-6-4-22-73-81(53)59/h3-12,15-16,21-22,33-36,38-39H,19-20,23-32,37,40-41H2,1-2H3,(H,74,84)(H,75,85). The van der Waals surface area contributed by atoms with Gasteiger partial charge < -0.3 is 20.4 Å². The molecule has 0 bridgehead atoms. The van der Waals surface area contributed by atoms with E-state index in [0.717, 1.165) is 23.3 Å². The van der Waals surface area contributed by atoms with E-state index in [-0.39, 0.29) is 77.5 Å². The van der Waals surface area contributed by atoms with Crippen LogP contribution in [0, 0.1) is 37.5 Å². The van der Waals surface area contributed by atoms with Gasteiger partial charge in [0.15, 0.2) is 11.3 Å². The first kappa shape index (κ1) is 59.1. The number of Topliss-reactive ketones (excluding diaryl/α,β-unsaturated/α-hetero) is 2. The van der Waals surface area contributed by atoms with Crippen LogP contribution >= 0.6 is 0 Å². The summed E-state index contributed by atoms with van der Waals surface area (Å²) in [7, 11) is 0. The quantitative estimate of drug-likeness (QED) is 0.0537. The van der Waals surface area contributed by atoms with Crippen LogP contribution in [0.2, 0.25) is 0 Å². The average molecular weight is 1160 g/mol. The van der Waals surface area contributed by atoms with Crippen molar-refractivity contribution < 1.29 is 45.5 Å². The summed E-state index contributed by atoms with van der Waals surface area (Å²) < 4.78 is 90.2. The number of amides is 2. The average Bonchev–Trinajstić information content (AvgIpc) is 4.24. The summed E-state index contributed by atoms with van der Waals surface area (Å²) in [6, 6.07) is 24.4. The number of nitrogens with one attached hydrogen (secondary N) is 2. The molecule has 2 fully saturated rings. The summed E-state index contributed by atoms with van der Waals surface area (Å²) in [6.07, 6.45) is -2.90. The third kappa shape index (κ3) is 15.0. The molecule has 8 aromatic rings. The maximum Gasteiger partial charge on any atom is 0.416 e. The highest BCUT2D eigenvalue weighted by Gasteiger charge is 2.36. The first-order chi connectivity index (χ1) is 40.8. The summed E-state index contributed by atoms with van der Waals surface area (Å²) >= 11 is 0. The largest absolute Gasteiger partial charge is 0.416 e. The maximum atomic E-state index is 14.5. The number of alkyl halides is 6. The lowest BCUT2D eigenvalue weighted by molar-refractivity contribution is -0.139. The number of carbonyl (C=O) groups is 4. The number of imidazole rings is 2. The molecule has 2 aliphatic heterocycles. The number of aromatic nitrogens is 6. The molecule has 22 heteroatoms. The van der Waals surface area contributed by atoms with Gasteiger partial charge in [-0.3, -0.25) is 29.0 Å². The second kappa shape index (κ2) is 25.8. The highest BCUT2D eigenvalue weighted by atomic mass is 19.4. The molecule has 2 N–H and O–H groups in total. The minimum absolute atomic E-state index is 0.00951. The SMILES string of the molecule is Cc1ccc(C(=O)Nc2ccc(CN3CCN(CCC(=O)CC(=O)CCN4CCN(Cc5ccc(NC(=O)c6ccc(C)c(C#Cc7cnc8cccnn78)c6)cc5C(F)(F)F)CC4)CC3)c(C(F)(F)F)c2)cc1C#Cc1cnc2cccnn12. The fourth-order valence-electron chi connectivity index (χ4n) is 10.2. The number of hydrogen-bond acceptors (Lipinski definition) is 12. The van der Waals surface area contributed by atoms with E-state index in [1.165, 1.54) is 24.3 Å². The first-order valence-corrected chi connectivity index (χ1v) is 27.6. The lowest BCUT2D eigenvalue weighted by Crippen LogP contribution is -2.46. The number of halogens is 6. The highest BCUT2D eigenvalue weighted by Crippen LogP contribution is 2.36. The maximum absolute atomic E-state index is 14.5. The second-order valence-corrected chi connectivity index (χ2v) is 21.1. The molecule has 10 rings (SSSR count). The Labute approximate surface area is 485 Å². The van der Waals surface area contributed by atoms with Gasteiger partial charge in [0.05, 0.1) is 29.9 Å². The Morgan fingerprint density at radius 2 is 0.906 bits per heavy atom. The highest BCUT2D eigenvalue weighted by molar-refractivity contribution is 6.05. The fourth-order valence-corrected chi connectivity index (χ4v) is 10.2. The Morgan fingerprint density at radius 3 is 1.31 bits per heavy atom. The monoisotopic (exact) mass is 1160 g/mol. The van der Waals surface area contributed by atoms with E-state index < -0.39 is 35.3 Å². The number of fused-ring (bicyclic) bond motifs is 2. The molecule has 2 amide bonds. The van der Waals surface area contributed by atoms with Crippen LogP contribution in [0.15, 0.2) is 122 Å². The third-order valence-corrected chi connectivity index (χ3v) is 15.1. The zero-order valence-electron chi connectivity index (χ0n) is 46.5. The fraction of sp³-hybridized carbons (Fsp3) is 0.302. The van der Waals surface area contributed by atoms with Crippen LogP contribution in [-0.4, -0.2) is 138 Å². The van der Waals surface area contributed by atoms with Crippen molar-refractivity contribution in [3.05, 3.63) is 189 Å². The summed E-state index contributed by atoms with van der Waals surface area (Å²) in [5, 5.41) is 13.7. The number of hydrogen-bond donors (Lipinski definition) is 2. The van der Waals surface area contributed by atoms with E-state index >= 15 is 0 Å². The molecule has 0 spiro atoms. The number of rotatable bonds is 16. The Kier molecular flexibility index (Phi) is 18.0. The molecule has 16 nitrogen and oxygen atoms in total. The van der Waals surface area contributed by atoms with Gasteiger partial charge >= 0.3 is 12.4 Å². The molecule has 4 aromatic carbocycles. The van der Waals surface area contributed by atoms with Crippen LogP contribution in [-0.2, 0) is 35.0 Å². The Morgan fingerprint density at radius 1 is 0.506 bits per heavy atom. The first-order valence-electron chi connectivity index (χ1n) is 27.6. The van der Waals surface area contributed by atoms with Gasteiger partial charge in [0.2, 0.25) is 0 Å². The molecular weight excluding hydrogens is 1100 g/mol. The number of carbonyl (C=O) groups excluding carboxylic acids is 4. The zero-order valence-corrected chi connectivity index (χ0v) is 46.5. The molecule has 0 aliphatic carbocycles. The predicted molar refractivity (Wildman–Crippen MR) is 306 cm³/mol. The normalized spacial score (nSPS) is 14.6. The van der Waals surface area contributed by atoms with Crippen LogP contribution in [0.25, 0.3) is 11.3 Å². The number of piperazine rings is 2. The van der Waals surface area contributed by atoms with Crippen molar-refractivity contribution in [3.8, 4) is 23.7 Å². The number of anilines is 2. The van der Waals surface area contributed by atoms with E-state index in [2.05, 4.69) is 54.5 Å². The van der Waals surface area contributed by atoms with Crippen molar-refractivity contribution in [1.29, 1.82) is 0 Å². The Hall–Kier alpha value is -9.06. The molecule has 436 valence electrons. The molecule has 4 aromatic heterocycles. The zero-order chi connectivity index (χ0) is 59.8. The van der Waals surface area contributed by atoms with Crippen molar-refractivity contribution in [2.24, 2.45) is 0 Å². The predicted octanol–water partition coefficient (Wildman–Crippen LogP) is 8.97. The summed E-state index contributed by atoms with van der Waals surface area (Å²) in [5.74, 6) is 10.6. The second-order valence-electron chi connectivity index (χ2n) is 21.1. The van der Waals surface area contributed by atoms with Crippen molar-refractivity contribution >= 4 is 46.0 Å². The number of aryl methyl sites for hydroxylation is 2. The number of nitrogens with zero attached hydrogens (tertiary/aromatic N) is 10. The molecule has 6 heterocycles. The van der Waals surface area contributed by atoms with Gasteiger partial charge in [-0.2, -0.15) is 36.5 Å². The van der Waals surface area contributed by atoms with E-state index in [4.69, 9.17) is 0 Å². The Bertz CT molecular complexity index is 3690. The van der Waals surface area contributed by atoms with E-state index in [0.29, 0.717) is 99.3 Å². The molecule has 2 saturated heterocycles. The lowest BCUT2D eigenvalue weighted by atomic mass is 10.0. The minimum Gasteiger partial charge on any atom is -0.322 e. The lowest BCUT2D eigenvalue weighted by Gasteiger charge is -2.35. The summed E-state index contributed by atoms with van der Waals surface area (Å²) in [5.41, 5.74) is 3.90. The van der Waals surface area contributed by atoms with Crippen molar-refractivity contribution in [2.75, 3.05) is 76.1 Å². The molecule has 0 radical (unpaired) electrons. The summed E-state index contributed by atoms with van der Waals surface area (Å²) in [6.45, 7) is 8.42. The van der Waals surface area contributed by atoms with Gasteiger partial charge in [-0.25, -0.2) is 19.0 Å². The van der Waals surface area contributed by atoms with E-state index in [1.54, 1.807) is 94.5 Å². The minimum atomic E-state index is -4.69. The summed E-state index contributed by atoms with van der Waals surface area (Å²) in [4.78, 5) is 69.0. The Balaban J connectivity index is 0.635. The van der Waals surface area contributed by atoms with Gasteiger partial charge in [0, 0.05) is 137 Å². The van der Waals surface area contributed by atoms with Gasteiger partial charge in [0.25, 0.3) is 11.8 Å². The van der Waals surface area contributed by atoms with Gasteiger partial charge in [-0.1, -0.05) is 36.1 Å². The molecule has 0 atom stereocenters. The molecule has 0 saturated carbocycles. The van der Waals surface area contributed by atoms with Crippen LogP contribution in [0.1, 0.15) is 95.9 Å². The molecule has 0 unspecified atom stereocenters. The molecular formula is C63H58F6N12O4. The van der Waals surface area contributed by atoms with Gasteiger partial charge in [-0.15, -0.1) is 0 Å². The van der Waals surface area contributed by atoms with E-state index in [1.807, 2.05) is 33.4 Å². The van der Waals surface area contributed by atoms with E-state index in [9.17, 15) is 45.5 Å². The molecule has 85 heavy (non-hydrogen) atoms. The number of ketones is 2. The van der Waals surface area contributed by atoms with Crippen molar-refractivity contribution in [2.45, 2.75) is 58.6 Å². The van der Waals surface area contributed by atoms with Crippen LogP contribution in [0.5, 0.6) is 0 Å². The topological polar surface area (TPSA) is 166 Å². The van der Waals surface area contributed by atoms with Crippen LogP contribution in [0.3, 0.4) is 0 Å². The van der Waals surface area contributed by atoms with Crippen LogP contribution in [0.4, 0.5) is 37.7 Å². The van der Waals surface area contributed by atoms with Gasteiger partial charge in [0.1, 0.15) is 23.0 Å². The number of benzene rings is 4. The van der Waals surface area contributed by atoms with Gasteiger partial charge in [-0.05, 0) is 121 Å². The van der Waals surface area contributed by atoms with Crippen molar-refractivity contribution in [1.82, 2.24) is 48.8 Å². The van der Waals surface area contributed by atoms with Crippen molar-refractivity contribution in [3.63, 3.8) is 0 Å². The smallest absolute Gasteiger partial charge is 0.322 e. The molecule has 2 aliphatic rings. The third-order valence-electron chi connectivity index (χ3n) is 15.1. The van der Waals surface area contributed by atoms with Crippen LogP contribution < -0.4 is 10.6 Å².